The number of hydrogen-bond acceptors (Lipinski definition) is 8. The highest BCUT2D eigenvalue weighted by molar-refractivity contribution is 7.10. The van der Waals surface area contributed by atoms with Crippen molar-refractivity contribution in [2.75, 3.05) is 10.6 Å². The molecule has 9 heteroatoms. The minimum absolute atomic E-state index is 0.211. The van der Waals surface area contributed by atoms with Crippen LogP contribution in [0.25, 0.3) is 0 Å². The first-order valence-electron chi connectivity index (χ1n) is 7.99. The summed E-state index contributed by atoms with van der Waals surface area (Å²) in [7, 11) is 0. The fourth-order valence-electron chi connectivity index (χ4n) is 2.09. The molecule has 2 aromatic heterocycles. The molecule has 2 aromatic rings. The van der Waals surface area contributed by atoms with E-state index >= 15 is 0 Å². The van der Waals surface area contributed by atoms with E-state index in [4.69, 9.17) is 5.73 Å². The van der Waals surface area contributed by atoms with Crippen LogP contribution in [0.4, 0.5) is 16.6 Å². The third-order valence-electron chi connectivity index (χ3n) is 3.54. The standard InChI is InChI=1S/C16H22N6O2S/c1-5-10(15(17)24)19-12-7-18-14(9(4)23)16(20-12)21-13-6-11(8(2)3)22-25-13/h6-8,10H,5H2,1-4H3,(H2,17,24)(H2,19,20,21)/t10-/m1/s1. The molecule has 0 aliphatic heterocycles. The minimum Gasteiger partial charge on any atom is -0.368 e. The van der Waals surface area contributed by atoms with Crippen LogP contribution in [-0.2, 0) is 4.79 Å². The second-order valence-corrected chi connectivity index (χ2v) is 6.72. The largest absolute Gasteiger partial charge is 0.368 e. The molecule has 0 spiro atoms. The van der Waals surface area contributed by atoms with E-state index in [1.54, 1.807) is 0 Å². The zero-order chi connectivity index (χ0) is 18.6. The summed E-state index contributed by atoms with van der Waals surface area (Å²) < 4.78 is 4.36. The maximum Gasteiger partial charge on any atom is 0.239 e. The number of nitrogens with two attached hydrogens (primary N) is 1. The normalized spacial score (nSPS) is 12.0. The maximum atomic E-state index is 11.8. The number of hydrogen-bond donors (Lipinski definition) is 3. The van der Waals surface area contributed by atoms with Crippen molar-refractivity contribution in [3.63, 3.8) is 0 Å². The van der Waals surface area contributed by atoms with Crippen LogP contribution >= 0.6 is 11.5 Å². The lowest BCUT2D eigenvalue weighted by molar-refractivity contribution is -0.118. The minimum atomic E-state index is -0.554. The molecule has 0 aromatic carbocycles. The van der Waals surface area contributed by atoms with Crippen LogP contribution in [0.2, 0.25) is 0 Å². The lowest BCUT2D eigenvalue weighted by atomic mass is 10.1. The Bertz CT molecular complexity index is 774. The van der Waals surface area contributed by atoms with Gasteiger partial charge in [0, 0.05) is 6.92 Å². The van der Waals surface area contributed by atoms with Gasteiger partial charge < -0.3 is 16.4 Å². The molecule has 1 atom stereocenters. The van der Waals surface area contributed by atoms with E-state index in [2.05, 4.69) is 38.8 Å². The summed E-state index contributed by atoms with van der Waals surface area (Å²) >= 11 is 1.29. The Morgan fingerprint density at radius 2 is 2.08 bits per heavy atom. The quantitative estimate of drug-likeness (QED) is 0.617. The number of nitrogens with one attached hydrogen (secondary N) is 2. The van der Waals surface area contributed by atoms with Gasteiger partial charge in [0.2, 0.25) is 5.91 Å². The van der Waals surface area contributed by atoms with Crippen LogP contribution in [0, 0.1) is 0 Å². The number of nitrogens with zero attached hydrogens (tertiary/aromatic N) is 3. The summed E-state index contributed by atoms with van der Waals surface area (Å²) in [5, 5.41) is 6.79. The summed E-state index contributed by atoms with van der Waals surface area (Å²) in [4.78, 5) is 31.7. The van der Waals surface area contributed by atoms with Gasteiger partial charge in [-0.05, 0) is 29.9 Å². The number of anilines is 3. The number of rotatable bonds is 8. The molecule has 8 nitrogen and oxygen atoms in total. The Hall–Kier alpha value is -2.55. The molecule has 2 heterocycles. The Labute approximate surface area is 150 Å². The van der Waals surface area contributed by atoms with Crippen LogP contribution < -0.4 is 16.4 Å². The smallest absolute Gasteiger partial charge is 0.239 e. The van der Waals surface area contributed by atoms with Crippen molar-refractivity contribution in [2.24, 2.45) is 5.73 Å². The van der Waals surface area contributed by atoms with E-state index in [0.29, 0.717) is 24.0 Å². The molecule has 1 amide bonds. The van der Waals surface area contributed by atoms with Gasteiger partial charge >= 0.3 is 0 Å². The predicted molar refractivity (Wildman–Crippen MR) is 98.4 cm³/mol. The SMILES string of the molecule is CC[C@@H](Nc1cnc(C(C)=O)c(Nc2cc(C(C)C)ns2)n1)C(N)=O. The molecule has 25 heavy (non-hydrogen) atoms. The number of carbonyl (C=O) groups is 2. The van der Waals surface area contributed by atoms with E-state index in [1.165, 1.54) is 24.7 Å². The topological polar surface area (TPSA) is 123 Å². The first-order valence-corrected chi connectivity index (χ1v) is 8.76. The van der Waals surface area contributed by atoms with Crippen LogP contribution in [0.15, 0.2) is 12.3 Å². The van der Waals surface area contributed by atoms with Crippen LogP contribution in [0.3, 0.4) is 0 Å². The van der Waals surface area contributed by atoms with Crippen LogP contribution in [0.5, 0.6) is 0 Å². The highest BCUT2D eigenvalue weighted by atomic mass is 32.1. The Kier molecular flexibility index (Phi) is 6.02. The predicted octanol–water partition coefficient (Wildman–Crippen LogP) is 2.68. The van der Waals surface area contributed by atoms with Gasteiger partial charge in [0.25, 0.3) is 0 Å². The molecule has 2 rings (SSSR count). The molecule has 0 bridgehead atoms. The Morgan fingerprint density at radius 3 is 2.60 bits per heavy atom. The molecule has 0 aliphatic carbocycles. The van der Waals surface area contributed by atoms with Gasteiger partial charge in [0.15, 0.2) is 11.6 Å². The molecule has 0 aliphatic rings. The summed E-state index contributed by atoms with van der Waals surface area (Å²) in [5.41, 5.74) is 6.52. The van der Waals surface area contributed by atoms with Crippen molar-refractivity contribution in [1.29, 1.82) is 0 Å². The maximum absolute atomic E-state index is 11.8. The molecular formula is C16H22N6O2S. The van der Waals surface area contributed by atoms with Crippen molar-refractivity contribution < 1.29 is 9.59 Å². The molecule has 134 valence electrons. The summed E-state index contributed by atoms with van der Waals surface area (Å²) in [6.45, 7) is 7.37. The van der Waals surface area contributed by atoms with Gasteiger partial charge in [0.05, 0.1) is 11.9 Å². The molecule has 4 N–H and O–H groups in total. The number of primary amides is 1. The number of carbonyl (C=O) groups excluding carboxylic acids is 2. The van der Waals surface area contributed by atoms with Gasteiger partial charge in [-0.25, -0.2) is 9.97 Å². The molecule has 0 saturated carbocycles. The van der Waals surface area contributed by atoms with Crippen molar-refractivity contribution in [2.45, 2.75) is 46.1 Å². The van der Waals surface area contributed by atoms with E-state index in [-0.39, 0.29) is 11.5 Å². The van der Waals surface area contributed by atoms with Gasteiger partial charge in [-0.1, -0.05) is 20.8 Å². The van der Waals surface area contributed by atoms with E-state index in [1.807, 2.05) is 13.0 Å². The Morgan fingerprint density at radius 1 is 1.36 bits per heavy atom. The van der Waals surface area contributed by atoms with E-state index in [9.17, 15) is 9.59 Å². The molecule has 0 unspecified atom stereocenters. The number of aromatic nitrogens is 3. The summed E-state index contributed by atoms with van der Waals surface area (Å²) in [6, 6.07) is 1.36. The lowest BCUT2D eigenvalue weighted by Gasteiger charge is -2.15. The van der Waals surface area contributed by atoms with Crippen LogP contribution in [-0.4, -0.2) is 32.1 Å². The average molecular weight is 362 g/mol. The fourth-order valence-corrected chi connectivity index (χ4v) is 2.88. The first-order chi connectivity index (χ1) is 11.8. The van der Waals surface area contributed by atoms with Crippen molar-refractivity contribution in [3.05, 3.63) is 23.7 Å². The molecule has 0 saturated heterocycles. The number of amides is 1. The van der Waals surface area contributed by atoms with Gasteiger partial charge in [-0.3, -0.25) is 9.59 Å². The van der Waals surface area contributed by atoms with Crippen molar-refractivity contribution in [1.82, 2.24) is 14.3 Å². The number of ketones is 1. The highest BCUT2D eigenvalue weighted by Crippen LogP contribution is 2.26. The molecule has 0 radical (unpaired) electrons. The molecular weight excluding hydrogens is 340 g/mol. The second kappa shape index (κ2) is 8.02. The summed E-state index contributed by atoms with van der Waals surface area (Å²) in [5.74, 6) is 0.303. The molecule has 0 fully saturated rings. The Balaban J connectivity index is 2.31. The first kappa shape index (κ1) is 18.8. The zero-order valence-corrected chi connectivity index (χ0v) is 15.5. The highest BCUT2D eigenvalue weighted by Gasteiger charge is 2.17. The lowest BCUT2D eigenvalue weighted by Crippen LogP contribution is -2.35. The zero-order valence-electron chi connectivity index (χ0n) is 14.7. The van der Waals surface area contributed by atoms with Gasteiger partial charge in [-0.15, -0.1) is 0 Å². The van der Waals surface area contributed by atoms with Crippen LogP contribution in [0.1, 0.15) is 56.2 Å². The number of Topliss-reactive ketones (excluding diaryl/α,β-unsaturated/α-hetero) is 1. The summed E-state index contributed by atoms with van der Waals surface area (Å²) in [6.07, 6.45) is 1.93. The fraction of sp³-hybridized carbons (Fsp3) is 0.438. The monoisotopic (exact) mass is 362 g/mol. The van der Waals surface area contributed by atoms with E-state index < -0.39 is 11.9 Å². The van der Waals surface area contributed by atoms with Crippen molar-refractivity contribution in [3.8, 4) is 0 Å². The van der Waals surface area contributed by atoms with Gasteiger partial charge in [-0.2, -0.15) is 4.37 Å². The van der Waals surface area contributed by atoms with Gasteiger partial charge in [0.1, 0.15) is 22.6 Å². The van der Waals surface area contributed by atoms with Crippen molar-refractivity contribution >= 4 is 39.9 Å². The second-order valence-electron chi connectivity index (χ2n) is 5.91. The average Bonchev–Trinajstić information content (AvgIpc) is 3.01. The third kappa shape index (κ3) is 4.72. The third-order valence-corrected chi connectivity index (χ3v) is 4.26. The van der Waals surface area contributed by atoms with E-state index in [0.717, 1.165) is 10.7 Å².